The minimum atomic E-state index is -0.316. The van der Waals surface area contributed by atoms with E-state index < -0.39 is 0 Å². The summed E-state index contributed by atoms with van der Waals surface area (Å²) in [5, 5.41) is 7.80. The number of anilines is 1. The van der Waals surface area contributed by atoms with Gasteiger partial charge in [-0.05, 0) is 41.7 Å². The summed E-state index contributed by atoms with van der Waals surface area (Å²) in [7, 11) is 0. The summed E-state index contributed by atoms with van der Waals surface area (Å²) in [5.74, 6) is -0.587. The summed E-state index contributed by atoms with van der Waals surface area (Å²) in [6.45, 7) is 6.30. The summed E-state index contributed by atoms with van der Waals surface area (Å²) in [6.07, 6.45) is 0.968. The molecule has 7 heteroatoms. The topological polar surface area (TPSA) is 71.1 Å². The molecule has 0 aliphatic heterocycles. The number of aromatic nitrogens is 1. The van der Waals surface area contributed by atoms with Crippen LogP contribution in [0.2, 0.25) is 0 Å². The number of benzene rings is 2. The lowest BCUT2D eigenvalue weighted by Crippen LogP contribution is -2.33. The van der Waals surface area contributed by atoms with E-state index in [-0.39, 0.29) is 23.8 Å². The number of hydrogen-bond acceptors (Lipinski definition) is 4. The molecule has 0 unspecified atom stereocenters. The maximum absolute atomic E-state index is 12.5. The van der Waals surface area contributed by atoms with E-state index in [1.54, 1.807) is 6.07 Å². The number of amides is 2. The van der Waals surface area contributed by atoms with Crippen molar-refractivity contribution in [3.05, 3.63) is 69.5 Å². The first-order valence-electron chi connectivity index (χ1n) is 9.68. The van der Waals surface area contributed by atoms with Crippen LogP contribution >= 0.6 is 27.3 Å². The van der Waals surface area contributed by atoms with Crippen LogP contribution in [0.1, 0.15) is 43.1 Å². The third-order valence-electron chi connectivity index (χ3n) is 5.07. The van der Waals surface area contributed by atoms with Crippen molar-refractivity contribution in [2.75, 3.05) is 11.9 Å². The molecule has 5 nitrogen and oxygen atoms in total. The first-order chi connectivity index (χ1) is 14.3. The van der Waals surface area contributed by atoms with Gasteiger partial charge in [0.2, 0.25) is 5.91 Å². The monoisotopic (exact) mass is 485 g/mol. The zero-order valence-corrected chi connectivity index (χ0v) is 19.6. The Balaban J connectivity index is 1.58. The Labute approximate surface area is 189 Å². The number of carbonyl (C=O) groups excluding carboxylic acids is 2. The van der Waals surface area contributed by atoms with Crippen molar-refractivity contribution in [3.63, 3.8) is 0 Å². The normalized spacial score (nSPS) is 11.2. The predicted octanol–water partition coefficient (Wildman–Crippen LogP) is 5.63. The Hall–Kier alpha value is -2.51. The van der Waals surface area contributed by atoms with Crippen molar-refractivity contribution < 1.29 is 9.59 Å². The first-order valence-corrected chi connectivity index (χ1v) is 11.4. The molecular weight excluding hydrogens is 462 g/mol. The molecule has 2 N–H and O–H groups in total. The van der Waals surface area contributed by atoms with Crippen molar-refractivity contribution in [3.8, 4) is 11.3 Å². The van der Waals surface area contributed by atoms with Crippen LogP contribution in [0.3, 0.4) is 0 Å². The molecule has 0 saturated heterocycles. The number of halogens is 1. The average Bonchev–Trinajstić information content (AvgIpc) is 3.20. The van der Waals surface area contributed by atoms with E-state index in [2.05, 4.69) is 52.3 Å². The summed E-state index contributed by atoms with van der Waals surface area (Å²) in [6, 6.07) is 15.4. The van der Waals surface area contributed by atoms with Gasteiger partial charge in [-0.1, -0.05) is 61.0 Å². The van der Waals surface area contributed by atoms with Crippen LogP contribution in [0.25, 0.3) is 11.3 Å². The molecule has 0 atom stereocenters. The van der Waals surface area contributed by atoms with Crippen LogP contribution in [0.4, 0.5) is 5.13 Å². The Morgan fingerprint density at radius 1 is 1.13 bits per heavy atom. The number of thiazole rings is 1. The van der Waals surface area contributed by atoms with Crippen molar-refractivity contribution in [2.24, 2.45) is 0 Å². The molecule has 0 bridgehead atoms. The molecule has 0 aliphatic rings. The number of rotatable bonds is 7. The van der Waals surface area contributed by atoms with E-state index in [9.17, 15) is 9.59 Å². The third kappa shape index (κ3) is 5.55. The van der Waals surface area contributed by atoms with Crippen molar-refractivity contribution in [1.29, 1.82) is 0 Å². The Kier molecular flexibility index (Phi) is 7.05. The Morgan fingerprint density at radius 3 is 2.63 bits per heavy atom. The maximum Gasteiger partial charge on any atom is 0.251 e. The van der Waals surface area contributed by atoms with E-state index in [1.807, 2.05) is 47.8 Å². The molecule has 156 valence electrons. The van der Waals surface area contributed by atoms with Crippen molar-refractivity contribution in [2.45, 2.75) is 32.6 Å². The molecule has 3 rings (SSSR count). The van der Waals surface area contributed by atoms with Gasteiger partial charge < -0.3 is 10.6 Å². The van der Waals surface area contributed by atoms with E-state index >= 15 is 0 Å². The van der Waals surface area contributed by atoms with Crippen LogP contribution in [-0.2, 0) is 10.2 Å². The highest BCUT2D eigenvalue weighted by Crippen LogP contribution is 2.28. The number of carbonyl (C=O) groups is 2. The molecule has 2 aromatic carbocycles. The summed E-state index contributed by atoms with van der Waals surface area (Å²) < 4.78 is 0.965. The summed E-state index contributed by atoms with van der Waals surface area (Å²) in [5.41, 5.74) is 3.39. The van der Waals surface area contributed by atoms with Gasteiger partial charge in [-0.25, -0.2) is 4.98 Å². The van der Waals surface area contributed by atoms with E-state index in [4.69, 9.17) is 0 Å². The van der Waals surface area contributed by atoms with Gasteiger partial charge in [0.05, 0.1) is 12.2 Å². The van der Waals surface area contributed by atoms with Gasteiger partial charge in [0.1, 0.15) is 0 Å². The average molecular weight is 486 g/mol. The lowest BCUT2D eigenvalue weighted by molar-refractivity contribution is -0.115. The summed E-state index contributed by atoms with van der Waals surface area (Å²) in [4.78, 5) is 29.2. The fourth-order valence-corrected chi connectivity index (χ4v) is 3.96. The maximum atomic E-state index is 12.5. The standard InChI is InChI=1S/C23H24BrN3O2S/c1-4-23(2,3)17-9-5-8-16(11-17)21(29)25-13-20(28)27-22-26-19(14-30-22)15-7-6-10-18(24)12-15/h5-12,14H,4,13H2,1-3H3,(H,25,29)(H,26,27,28). The van der Waals surface area contributed by atoms with Crippen LogP contribution < -0.4 is 10.6 Å². The Morgan fingerprint density at radius 2 is 1.90 bits per heavy atom. The quantitative estimate of drug-likeness (QED) is 0.455. The molecular formula is C23H24BrN3O2S. The summed E-state index contributed by atoms with van der Waals surface area (Å²) >= 11 is 4.79. The largest absolute Gasteiger partial charge is 0.343 e. The third-order valence-corrected chi connectivity index (χ3v) is 6.32. The zero-order valence-electron chi connectivity index (χ0n) is 17.2. The fourth-order valence-electron chi connectivity index (χ4n) is 2.82. The minimum absolute atomic E-state index is 0.00937. The van der Waals surface area contributed by atoms with E-state index in [1.165, 1.54) is 11.3 Å². The van der Waals surface area contributed by atoms with Crippen molar-refractivity contribution >= 4 is 44.2 Å². The van der Waals surface area contributed by atoms with Crippen LogP contribution in [0.5, 0.6) is 0 Å². The van der Waals surface area contributed by atoms with Gasteiger partial charge in [-0.3, -0.25) is 9.59 Å². The molecule has 1 heterocycles. The van der Waals surface area contributed by atoms with Crippen LogP contribution in [-0.4, -0.2) is 23.3 Å². The lowest BCUT2D eigenvalue weighted by Gasteiger charge is -2.23. The van der Waals surface area contributed by atoms with Gasteiger partial charge in [0.25, 0.3) is 5.91 Å². The molecule has 2 amide bonds. The Bertz CT molecular complexity index is 1060. The molecule has 0 fully saturated rings. The number of nitrogens with one attached hydrogen (secondary N) is 2. The van der Waals surface area contributed by atoms with Gasteiger partial charge in [-0.2, -0.15) is 0 Å². The molecule has 30 heavy (non-hydrogen) atoms. The van der Waals surface area contributed by atoms with Gasteiger partial charge in [0.15, 0.2) is 5.13 Å². The second kappa shape index (κ2) is 9.53. The number of nitrogens with zero attached hydrogens (tertiary/aromatic N) is 1. The highest BCUT2D eigenvalue weighted by atomic mass is 79.9. The lowest BCUT2D eigenvalue weighted by atomic mass is 9.81. The molecule has 0 saturated carbocycles. The van der Waals surface area contributed by atoms with Crippen LogP contribution in [0.15, 0.2) is 58.4 Å². The first kappa shape index (κ1) is 22.2. The van der Waals surface area contributed by atoms with E-state index in [0.29, 0.717) is 10.7 Å². The smallest absolute Gasteiger partial charge is 0.251 e. The second-order valence-electron chi connectivity index (χ2n) is 7.60. The minimum Gasteiger partial charge on any atom is -0.343 e. The van der Waals surface area contributed by atoms with Gasteiger partial charge in [0, 0.05) is 21.0 Å². The zero-order chi connectivity index (χ0) is 21.7. The number of hydrogen-bond donors (Lipinski definition) is 2. The molecule has 3 aromatic rings. The van der Waals surface area contributed by atoms with Crippen LogP contribution in [0, 0.1) is 0 Å². The SMILES string of the molecule is CCC(C)(C)c1cccc(C(=O)NCC(=O)Nc2nc(-c3cccc(Br)c3)cs2)c1. The van der Waals surface area contributed by atoms with Gasteiger partial charge >= 0.3 is 0 Å². The highest BCUT2D eigenvalue weighted by Gasteiger charge is 2.19. The predicted molar refractivity (Wildman–Crippen MR) is 126 cm³/mol. The molecule has 0 aliphatic carbocycles. The highest BCUT2D eigenvalue weighted by molar-refractivity contribution is 9.10. The van der Waals surface area contributed by atoms with Crippen molar-refractivity contribution in [1.82, 2.24) is 10.3 Å². The van der Waals surface area contributed by atoms with E-state index in [0.717, 1.165) is 27.7 Å². The molecule has 0 radical (unpaired) electrons. The van der Waals surface area contributed by atoms with Gasteiger partial charge in [-0.15, -0.1) is 11.3 Å². The second-order valence-corrected chi connectivity index (χ2v) is 9.37. The molecule has 1 aromatic heterocycles. The molecule has 0 spiro atoms. The fraction of sp³-hybridized carbons (Fsp3) is 0.261.